The Kier molecular flexibility index (Phi) is 5.55. The summed E-state index contributed by atoms with van der Waals surface area (Å²) in [7, 11) is 0. The third-order valence-electron chi connectivity index (χ3n) is 8.45. The van der Waals surface area contributed by atoms with Gasteiger partial charge in [-0.2, -0.15) is 0 Å². The molecule has 4 aliphatic rings. The number of hydrogen-bond donors (Lipinski definition) is 1. The number of rotatable bonds is 7. The molecule has 1 N–H and O–H groups in total. The van der Waals surface area contributed by atoms with E-state index in [1.807, 2.05) is 26.8 Å². The van der Waals surface area contributed by atoms with Crippen molar-refractivity contribution >= 4 is 5.91 Å². The highest BCUT2D eigenvalue weighted by molar-refractivity contribution is 5.94. The van der Waals surface area contributed by atoms with Crippen LogP contribution in [0.2, 0.25) is 0 Å². The maximum absolute atomic E-state index is 13.4. The number of aryl methyl sites for hydroxylation is 3. The standard InChI is InChI=1S/C27H36N2O3/c1-5-24(27-12-19-9-20(13-27)11-21(10-19)14-27)28-26(30)25-22(18(4)32-29-25)15-31-23-8-16(2)6-7-17(23)3/h6-8,19-21,24H,5,9-15H2,1-4H3,(H,28,30). The molecule has 4 fully saturated rings. The van der Waals surface area contributed by atoms with Crippen LogP contribution in [-0.2, 0) is 6.61 Å². The summed E-state index contributed by atoms with van der Waals surface area (Å²) in [6, 6.07) is 6.35. The van der Waals surface area contributed by atoms with Crippen molar-refractivity contribution in [3.8, 4) is 5.75 Å². The second-order valence-corrected chi connectivity index (χ2v) is 10.8. The average Bonchev–Trinajstić information content (AvgIpc) is 3.12. The summed E-state index contributed by atoms with van der Waals surface area (Å²) >= 11 is 0. The van der Waals surface area contributed by atoms with E-state index in [0.717, 1.165) is 46.6 Å². The molecular formula is C27H36N2O3. The normalized spacial score (nSPS) is 29.2. The smallest absolute Gasteiger partial charge is 0.274 e. The molecule has 1 aromatic heterocycles. The van der Waals surface area contributed by atoms with E-state index in [2.05, 4.69) is 29.5 Å². The highest BCUT2D eigenvalue weighted by Crippen LogP contribution is 2.61. The van der Waals surface area contributed by atoms with Crippen LogP contribution in [0, 0.1) is 43.9 Å². The van der Waals surface area contributed by atoms with E-state index in [1.165, 1.54) is 38.5 Å². The van der Waals surface area contributed by atoms with Gasteiger partial charge in [-0.1, -0.05) is 24.2 Å². The van der Waals surface area contributed by atoms with Crippen LogP contribution < -0.4 is 10.1 Å². The van der Waals surface area contributed by atoms with Gasteiger partial charge in [-0.15, -0.1) is 0 Å². The topological polar surface area (TPSA) is 64.4 Å². The molecular weight excluding hydrogens is 400 g/mol. The van der Waals surface area contributed by atoms with Crippen LogP contribution in [0.15, 0.2) is 22.7 Å². The highest BCUT2D eigenvalue weighted by atomic mass is 16.5. The third kappa shape index (κ3) is 3.84. The van der Waals surface area contributed by atoms with E-state index < -0.39 is 0 Å². The summed E-state index contributed by atoms with van der Waals surface area (Å²) in [6.07, 6.45) is 9.02. The Hall–Kier alpha value is -2.30. The molecule has 0 aliphatic heterocycles. The fourth-order valence-corrected chi connectivity index (χ4v) is 7.27. The largest absolute Gasteiger partial charge is 0.488 e. The van der Waals surface area contributed by atoms with Crippen LogP contribution >= 0.6 is 0 Å². The molecule has 4 aliphatic carbocycles. The molecule has 5 nitrogen and oxygen atoms in total. The third-order valence-corrected chi connectivity index (χ3v) is 8.45. The van der Waals surface area contributed by atoms with Crippen LogP contribution in [0.3, 0.4) is 0 Å². The van der Waals surface area contributed by atoms with E-state index in [9.17, 15) is 4.79 Å². The van der Waals surface area contributed by atoms with Gasteiger partial charge in [0.1, 0.15) is 18.1 Å². The molecule has 1 heterocycles. The van der Waals surface area contributed by atoms with Gasteiger partial charge in [0, 0.05) is 6.04 Å². The summed E-state index contributed by atoms with van der Waals surface area (Å²) in [6.45, 7) is 8.41. The monoisotopic (exact) mass is 436 g/mol. The predicted octanol–water partition coefficient (Wildman–Crippen LogP) is 5.90. The van der Waals surface area contributed by atoms with Gasteiger partial charge in [0.25, 0.3) is 5.91 Å². The van der Waals surface area contributed by atoms with Crippen molar-refractivity contribution in [3.63, 3.8) is 0 Å². The van der Waals surface area contributed by atoms with Gasteiger partial charge < -0.3 is 14.6 Å². The van der Waals surface area contributed by atoms with E-state index in [4.69, 9.17) is 9.26 Å². The Balaban J connectivity index is 1.32. The first-order valence-corrected chi connectivity index (χ1v) is 12.3. The number of aromatic nitrogens is 1. The molecule has 5 heteroatoms. The lowest BCUT2D eigenvalue weighted by atomic mass is 9.47. The van der Waals surface area contributed by atoms with Gasteiger partial charge in [-0.3, -0.25) is 4.79 Å². The highest BCUT2D eigenvalue weighted by Gasteiger charge is 2.54. The van der Waals surface area contributed by atoms with Crippen molar-refractivity contribution in [2.75, 3.05) is 0 Å². The number of amides is 1. The van der Waals surface area contributed by atoms with Crippen LogP contribution in [0.5, 0.6) is 5.75 Å². The fraction of sp³-hybridized carbons (Fsp3) is 0.630. The van der Waals surface area contributed by atoms with Gasteiger partial charge in [0.05, 0.1) is 5.56 Å². The zero-order valence-corrected chi connectivity index (χ0v) is 19.9. The lowest BCUT2D eigenvalue weighted by molar-refractivity contribution is -0.0727. The van der Waals surface area contributed by atoms with E-state index in [1.54, 1.807) is 0 Å². The lowest BCUT2D eigenvalue weighted by Crippen LogP contribution is -2.56. The van der Waals surface area contributed by atoms with Crippen LogP contribution in [0.25, 0.3) is 0 Å². The molecule has 0 spiro atoms. The quantitative estimate of drug-likeness (QED) is 0.586. The molecule has 4 bridgehead atoms. The van der Waals surface area contributed by atoms with Crippen molar-refractivity contribution in [2.24, 2.45) is 23.2 Å². The zero-order valence-electron chi connectivity index (χ0n) is 19.9. The molecule has 0 saturated heterocycles. The summed E-state index contributed by atoms with van der Waals surface area (Å²) in [4.78, 5) is 13.4. The van der Waals surface area contributed by atoms with Crippen LogP contribution in [0.1, 0.15) is 84.8 Å². The second kappa shape index (κ2) is 8.24. The van der Waals surface area contributed by atoms with Crippen molar-refractivity contribution in [1.29, 1.82) is 0 Å². The average molecular weight is 437 g/mol. The van der Waals surface area contributed by atoms with Gasteiger partial charge in [-0.25, -0.2) is 0 Å². The molecule has 0 radical (unpaired) electrons. The number of benzene rings is 1. The van der Waals surface area contributed by atoms with Gasteiger partial charge in [0.2, 0.25) is 0 Å². The minimum atomic E-state index is -0.121. The maximum Gasteiger partial charge on any atom is 0.274 e. The Morgan fingerprint density at radius 2 is 1.81 bits per heavy atom. The number of nitrogens with zero attached hydrogens (tertiary/aromatic N) is 1. The SMILES string of the molecule is CCC(NC(=O)c1noc(C)c1COc1cc(C)ccc1C)C12CC3CC(CC(C3)C1)C2. The molecule has 32 heavy (non-hydrogen) atoms. The van der Waals surface area contributed by atoms with E-state index in [0.29, 0.717) is 11.5 Å². The lowest BCUT2D eigenvalue weighted by Gasteiger charge is -2.59. The van der Waals surface area contributed by atoms with Gasteiger partial charge >= 0.3 is 0 Å². The van der Waals surface area contributed by atoms with Crippen molar-refractivity contribution in [1.82, 2.24) is 10.5 Å². The molecule has 172 valence electrons. The Morgan fingerprint density at radius 1 is 1.16 bits per heavy atom. The maximum atomic E-state index is 13.4. The number of nitrogens with one attached hydrogen (secondary N) is 1. The number of hydrogen-bond acceptors (Lipinski definition) is 4. The molecule has 4 saturated carbocycles. The van der Waals surface area contributed by atoms with Crippen molar-refractivity contribution in [3.05, 3.63) is 46.3 Å². The Labute approximate surface area is 191 Å². The van der Waals surface area contributed by atoms with Crippen molar-refractivity contribution in [2.45, 2.75) is 85.3 Å². The molecule has 1 atom stereocenters. The van der Waals surface area contributed by atoms with Crippen molar-refractivity contribution < 1.29 is 14.1 Å². The number of carbonyl (C=O) groups excluding carboxylic acids is 1. The number of carbonyl (C=O) groups is 1. The van der Waals surface area contributed by atoms with Crippen LogP contribution in [0.4, 0.5) is 0 Å². The van der Waals surface area contributed by atoms with E-state index >= 15 is 0 Å². The van der Waals surface area contributed by atoms with Gasteiger partial charge in [-0.05, 0) is 106 Å². The molecule has 1 amide bonds. The minimum absolute atomic E-state index is 0.121. The first-order chi connectivity index (χ1) is 15.4. The first kappa shape index (κ1) is 21.5. The Morgan fingerprint density at radius 3 is 2.44 bits per heavy atom. The molecule has 1 aromatic carbocycles. The summed E-state index contributed by atoms with van der Waals surface area (Å²) < 4.78 is 11.5. The molecule has 1 unspecified atom stereocenters. The Bertz CT molecular complexity index is 973. The predicted molar refractivity (Wildman–Crippen MR) is 124 cm³/mol. The summed E-state index contributed by atoms with van der Waals surface area (Å²) in [5.74, 6) is 3.94. The summed E-state index contributed by atoms with van der Waals surface area (Å²) in [5, 5.41) is 7.53. The number of ether oxygens (including phenoxy) is 1. The summed E-state index contributed by atoms with van der Waals surface area (Å²) in [5.41, 5.74) is 3.60. The van der Waals surface area contributed by atoms with E-state index in [-0.39, 0.29) is 24.0 Å². The van der Waals surface area contributed by atoms with Gasteiger partial charge in [0.15, 0.2) is 5.69 Å². The van der Waals surface area contributed by atoms with Crippen LogP contribution in [-0.4, -0.2) is 17.1 Å². The molecule has 2 aromatic rings. The second-order valence-electron chi connectivity index (χ2n) is 10.8. The first-order valence-electron chi connectivity index (χ1n) is 12.3. The zero-order chi connectivity index (χ0) is 22.5. The fourth-order valence-electron chi connectivity index (χ4n) is 7.27. The minimum Gasteiger partial charge on any atom is -0.488 e. The molecule has 6 rings (SSSR count).